The van der Waals surface area contributed by atoms with E-state index in [1.54, 1.807) is 25.2 Å². The van der Waals surface area contributed by atoms with Crippen LogP contribution in [-0.4, -0.2) is 28.4 Å². The van der Waals surface area contributed by atoms with E-state index in [1.807, 2.05) is 0 Å². The van der Waals surface area contributed by atoms with Crippen molar-refractivity contribution in [3.8, 4) is 0 Å². The van der Waals surface area contributed by atoms with Gasteiger partial charge >= 0.3 is 5.69 Å². The number of aromatic nitrogens is 2. The van der Waals surface area contributed by atoms with Crippen LogP contribution in [0.5, 0.6) is 0 Å². The Balaban J connectivity index is 2.46. The maximum Gasteiger partial charge on any atom is 0.330 e. The monoisotopic (exact) mass is 245 g/mol. The van der Waals surface area contributed by atoms with E-state index in [0.29, 0.717) is 23.0 Å². The number of hydrogen-bond donors (Lipinski definition) is 0. The molecular formula is C12H11N3O3. The number of amides is 1. The standard InChI is InChI=1S/C12H11N3O3/c1-13-8-3-2-4-9-11(8)15(7-10(13)17)12(18)14(9)5-6-16/h2-4,6H,5,7H2,1H3. The van der Waals surface area contributed by atoms with Gasteiger partial charge < -0.3 is 9.69 Å². The van der Waals surface area contributed by atoms with Crippen LogP contribution < -0.4 is 10.6 Å². The van der Waals surface area contributed by atoms with Crippen molar-refractivity contribution in [1.29, 1.82) is 0 Å². The fraction of sp³-hybridized carbons (Fsp3) is 0.250. The Hall–Kier alpha value is -2.37. The van der Waals surface area contributed by atoms with Crippen LogP contribution in [0.15, 0.2) is 23.0 Å². The van der Waals surface area contributed by atoms with Gasteiger partial charge in [0.15, 0.2) is 0 Å². The maximum atomic E-state index is 12.1. The number of para-hydroxylation sites is 1. The molecule has 18 heavy (non-hydrogen) atoms. The summed E-state index contributed by atoms with van der Waals surface area (Å²) in [5.74, 6) is -0.138. The van der Waals surface area contributed by atoms with Gasteiger partial charge in [-0.15, -0.1) is 0 Å². The number of rotatable bonds is 2. The molecule has 0 saturated heterocycles. The molecule has 0 radical (unpaired) electrons. The molecule has 0 N–H and O–H groups in total. The van der Waals surface area contributed by atoms with E-state index >= 15 is 0 Å². The van der Waals surface area contributed by atoms with Crippen LogP contribution in [0.1, 0.15) is 0 Å². The van der Waals surface area contributed by atoms with Crippen LogP contribution in [0.2, 0.25) is 0 Å². The highest BCUT2D eigenvalue weighted by atomic mass is 16.2. The van der Waals surface area contributed by atoms with Crippen molar-refractivity contribution < 1.29 is 9.59 Å². The van der Waals surface area contributed by atoms with Crippen molar-refractivity contribution in [2.24, 2.45) is 0 Å². The topological polar surface area (TPSA) is 64.3 Å². The van der Waals surface area contributed by atoms with Crippen molar-refractivity contribution in [2.45, 2.75) is 13.1 Å². The second-order valence-corrected chi connectivity index (χ2v) is 4.24. The molecule has 2 aromatic rings. The first-order valence-electron chi connectivity index (χ1n) is 5.57. The third-order valence-corrected chi connectivity index (χ3v) is 3.30. The van der Waals surface area contributed by atoms with Crippen LogP contribution in [-0.2, 0) is 22.7 Å². The minimum Gasteiger partial charge on any atom is -0.312 e. The number of carbonyl (C=O) groups is 2. The van der Waals surface area contributed by atoms with Gasteiger partial charge in [-0.2, -0.15) is 0 Å². The summed E-state index contributed by atoms with van der Waals surface area (Å²) in [5.41, 5.74) is 1.78. The Labute approximate surface area is 102 Å². The van der Waals surface area contributed by atoms with Crippen LogP contribution in [0.4, 0.5) is 5.69 Å². The number of benzene rings is 1. The first-order valence-corrected chi connectivity index (χ1v) is 5.57. The molecule has 0 spiro atoms. The number of carbonyl (C=O) groups excluding carboxylic acids is 2. The fourth-order valence-electron chi connectivity index (χ4n) is 2.40. The lowest BCUT2D eigenvalue weighted by Gasteiger charge is -2.23. The zero-order valence-corrected chi connectivity index (χ0v) is 9.79. The third-order valence-electron chi connectivity index (χ3n) is 3.30. The number of likely N-dealkylation sites (N-methyl/N-ethyl adjacent to an activating group) is 1. The van der Waals surface area contributed by atoms with Gasteiger partial charge in [0.05, 0.1) is 23.3 Å². The molecule has 0 atom stereocenters. The Bertz CT molecular complexity index is 726. The summed E-state index contributed by atoms with van der Waals surface area (Å²) in [7, 11) is 1.68. The molecule has 6 heteroatoms. The highest BCUT2D eigenvalue weighted by molar-refractivity contribution is 6.04. The number of hydrogen-bond acceptors (Lipinski definition) is 3. The summed E-state index contributed by atoms with van der Waals surface area (Å²) < 4.78 is 2.81. The molecule has 6 nitrogen and oxygen atoms in total. The molecule has 92 valence electrons. The fourth-order valence-corrected chi connectivity index (χ4v) is 2.40. The molecule has 1 aliphatic heterocycles. The lowest BCUT2D eigenvalue weighted by atomic mass is 10.2. The zero-order chi connectivity index (χ0) is 12.9. The molecule has 1 aromatic carbocycles. The molecule has 0 bridgehead atoms. The van der Waals surface area contributed by atoms with Crippen LogP contribution in [0.3, 0.4) is 0 Å². The van der Waals surface area contributed by atoms with E-state index < -0.39 is 0 Å². The van der Waals surface area contributed by atoms with E-state index in [-0.39, 0.29) is 24.7 Å². The molecular weight excluding hydrogens is 234 g/mol. The average Bonchev–Trinajstić information content (AvgIpc) is 2.63. The van der Waals surface area contributed by atoms with Gasteiger partial charge in [0.25, 0.3) is 0 Å². The summed E-state index contributed by atoms with van der Waals surface area (Å²) >= 11 is 0. The third kappa shape index (κ3) is 1.20. The van der Waals surface area contributed by atoms with E-state index in [2.05, 4.69) is 0 Å². The zero-order valence-electron chi connectivity index (χ0n) is 9.79. The summed E-state index contributed by atoms with van der Waals surface area (Å²) in [6, 6.07) is 5.35. The summed E-state index contributed by atoms with van der Waals surface area (Å²) in [6.45, 7) is 0.0262. The first kappa shape index (κ1) is 10.8. The van der Waals surface area contributed by atoms with Gasteiger partial charge in [-0.05, 0) is 12.1 Å². The molecule has 1 aliphatic rings. The van der Waals surface area contributed by atoms with E-state index in [1.165, 1.54) is 14.0 Å². The van der Waals surface area contributed by atoms with Gasteiger partial charge in [0.2, 0.25) is 5.91 Å². The number of anilines is 1. The Kier molecular flexibility index (Phi) is 2.13. The molecule has 0 unspecified atom stereocenters. The normalized spacial score (nSPS) is 14.3. The van der Waals surface area contributed by atoms with Crippen molar-refractivity contribution in [3.05, 3.63) is 28.7 Å². The predicted octanol–water partition coefficient (Wildman–Crippen LogP) is -0.0217. The quantitative estimate of drug-likeness (QED) is 0.698. The van der Waals surface area contributed by atoms with Gasteiger partial charge in [-0.25, -0.2) is 4.79 Å². The van der Waals surface area contributed by atoms with Gasteiger partial charge in [-0.1, -0.05) is 6.07 Å². The predicted molar refractivity (Wildman–Crippen MR) is 65.7 cm³/mol. The smallest absolute Gasteiger partial charge is 0.312 e. The molecule has 0 aliphatic carbocycles. The Morgan fingerprint density at radius 3 is 2.83 bits per heavy atom. The second-order valence-electron chi connectivity index (χ2n) is 4.24. The minimum absolute atomic E-state index is 0.00366. The van der Waals surface area contributed by atoms with Gasteiger partial charge in [0, 0.05) is 7.05 Å². The largest absolute Gasteiger partial charge is 0.330 e. The Morgan fingerprint density at radius 1 is 1.33 bits per heavy atom. The SMILES string of the molecule is CN1C(=O)Cn2c(=O)n(CC=O)c3cccc1c32. The van der Waals surface area contributed by atoms with E-state index in [9.17, 15) is 14.4 Å². The highest BCUT2D eigenvalue weighted by Gasteiger charge is 2.26. The van der Waals surface area contributed by atoms with E-state index in [4.69, 9.17) is 0 Å². The molecule has 1 amide bonds. The number of aldehydes is 1. The average molecular weight is 245 g/mol. The van der Waals surface area contributed by atoms with Crippen LogP contribution in [0, 0.1) is 0 Å². The molecule has 0 fully saturated rings. The van der Waals surface area contributed by atoms with E-state index in [0.717, 1.165) is 0 Å². The highest BCUT2D eigenvalue weighted by Crippen LogP contribution is 2.28. The van der Waals surface area contributed by atoms with Crippen molar-refractivity contribution in [1.82, 2.24) is 9.13 Å². The van der Waals surface area contributed by atoms with Gasteiger partial charge in [0.1, 0.15) is 12.8 Å². The van der Waals surface area contributed by atoms with Gasteiger partial charge in [-0.3, -0.25) is 13.9 Å². The van der Waals surface area contributed by atoms with Crippen molar-refractivity contribution in [2.75, 3.05) is 11.9 Å². The molecule has 1 aromatic heterocycles. The van der Waals surface area contributed by atoms with Crippen LogP contribution >= 0.6 is 0 Å². The second kappa shape index (κ2) is 3.56. The summed E-state index contributed by atoms with van der Waals surface area (Å²) in [4.78, 5) is 36.1. The first-order chi connectivity index (χ1) is 8.65. The maximum absolute atomic E-state index is 12.1. The van der Waals surface area contributed by atoms with Crippen molar-refractivity contribution >= 4 is 28.9 Å². The number of imidazole rings is 1. The minimum atomic E-state index is -0.314. The van der Waals surface area contributed by atoms with Crippen molar-refractivity contribution in [3.63, 3.8) is 0 Å². The lowest BCUT2D eigenvalue weighted by Crippen LogP contribution is -2.37. The molecule has 3 rings (SSSR count). The Morgan fingerprint density at radius 2 is 2.11 bits per heavy atom. The summed E-state index contributed by atoms with van der Waals surface area (Å²) in [5, 5.41) is 0. The number of nitrogens with zero attached hydrogens (tertiary/aromatic N) is 3. The lowest BCUT2D eigenvalue weighted by molar-refractivity contribution is -0.119. The molecule has 0 saturated carbocycles. The molecule has 2 heterocycles. The van der Waals surface area contributed by atoms with Crippen LogP contribution in [0.25, 0.3) is 11.0 Å². The summed E-state index contributed by atoms with van der Waals surface area (Å²) in [6.07, 6.45) is 0.682.